The van der Waals surface area contributed by atoms with Crippen molar-refractivity contribution in [2.75, 3.05) is 0 Å². The third-order valence-corrected chi connectivity index (χ3v) is 8.64. The van der Waals surface area contributed by atoms with E-state index in [1.807, 2.05) is 0 Å². The highest BCUT2D eigenvalue weighted by atomic mass is 16.3. The molecule has 3 fully saturated rings. The van der Waals surface area contributed by atoms with Crippen LogP contribution in [-0.2, 0) is 0 Å². The summed E-state index contributed by atoms with van der Waals surface area (Å²) in [6.45, 7) is 6.90. The van der Waals surface area contributed by atoms with Crippen LogP contribution in [0.2, 0.25) is 0 Å². The fourth-order valence-electron chi connectivity index (χ4n) is 6.89. The summed E-state index contributed by atoms with van der Waals surface area (Å²) in [5, 5.41) is 21.0. The van der Waals surface area contributed by atoms with Crippen LogP contribution in [0, 0.1) is 28.6 Å². The van der Waals surface area contributed by atoms with E-state index in [0.29, 0.717) is 11.3 Å². The highest BCUT2D eigenvalue weighted by molar-refractivity contribution is 5.26. The summed E-state index contributed by atoms with van der Waals surface area (Å²) in [7, 11) is 0. The SMILES string of the molecule is C[C@]12CC[C@@H]3[C@H](CC=C4C[C@H](O)CC[C@]43C)[C@@H]1CC[C@@]2(C)O. The lowest BCUT2D eigenvalue weighted by atomic mass is 9.47. The van der Waals surface area contributed by atoms with E-state index in [9.17, 15) is 10.2 Å². The molecule has 0 spiro atoms. The van der Waals surface area contributed by atoms with Crippen LogP contribution in [0.5, 0.6) is 0 Å². The first kappa shape index (κ1) is 15.2. The first-order chi connectivity index (χ1) is 10.3. The van der Waals surface area contributed by atoms with Gasteiger partial charge in [-0.15, -0.1) is 0 Å². The predicted octanol–water partition coefficient (Wildman–Crippen LogP) is 4.06. The maximum atomic E-state index is 10.9. The van der Waals surface area contributed by atoms with Crippen molar-refractivity contribution in [1.82, 2.24) is 0 Å². The lowest BCUT2D eigenvalue weighted by Gasteiger charge is -2.58. The minimum atomic E-state index is -0.476. The van der Waals surface area contributed by atoms with Crippen molar-refractivity contribution < 1.29 is 10.2 Å². The summed E-state index contributed by atoms with van der Waals surface area (Å²) < 4.78 is 0. The molecule has 7 atom stereocenters. The van der Waals surface area contributed by atoms with E-state index in [1.165, 1.54) is 25.7 Å². The number of fused-ring (bicyclic) bond motifs is 5. The molecule has 0 bridgehead atoms. The summed E-state index contributed by atoms with van der Waals surface area (Å²) in [6.07, 6.45) is 11.2. The average Bonchev–Trinajstić information content (AvgIpc) is 2.70. The van der Waals surface area contributed by atoms with Crippen molar-refractivity contribution >= 4 is 0 Å². The second-order valence-corrected chi connectivity index (χ2v) is 9.42. The highest BCUT2D eigenvalue weighted by Gasteiger charge is 2.61. The Bertz CT molecular complexity index is 508. The Labute approximate surface area is 135 Å². The Morgan fingerprint density at radius 1 is 1.00 bits per heavy atom. The van der Waals surface area contributed by atoms with Crippen molar-refractivity contribution in [3.05, 3.63) is 11.6 Å². The van der Waals surface area contributed by atoms with Gasteiger partial charge in [0.2, 0.25) is 0 Å². The zero-order chi connectivity index (χ0) is 15.8. The second-order valence-electron chi connectivity index (χ2n) is 9.42. The molecular weight excluding hydrogens is 272 g/mol. The van der Waals surface area contributed by atoms with Crippen LogP contribution in [-0.4, -0.2) is 21.9 Å². The van der Waals surface area contributed by atoms with Gasteiger partial charge in [0.05, 0.1) is 11.7 Å². The Morgan fingerprint density at radius 3 is 2.50 bits per heavy atom. The molecule has 0 radical (unpaired) electrons. The van der Waals surface area contributed by atoms with E-state index in [4.69, 9.17) is 0 Å². The molecule has 0 saturated heterocycles. The first-order valence-electron chi connectivity index (χ1n) is 9.38. The second kappa shape index (κ2) is 4.60. The van der Waals surface area contributed by atoms with Crippen LogP contribution in [0.25, 0.3) is 0 Å². The molecule has 4 aliphatic carbocycles. The van der Waals surface area contributed by atoms with Crippen LogP contribution in [0.15, 0.2) is 11.6 Å². The normalized spacial score (nSPS) is 57.6. The fraction of sp³-hybridized carbons (Fsp3) is 0.900. The van der Waals surface area contributed by atoms with Crippen LogP contribution in [0.3, 0.4) is 0 Å². The van der Waals surface area contributed by atoms with Gasteiger partial charge < -0.3 is 10.2 Å². The van der Waals surface area contributed by atoms with Gasteiger partial charge in [-0.05, 0) is 86.9 Å². The van der Waals surface area contributed by atoms with E-state index in [-0.39, 0.29) is 11.5 Å². The third-order valence-electron chi connectivity index (χ3n) is 8.64. The predicted molar refractivity (Wildman–Crippen MR) is 88.3 cm³/mol. The zero-order valence-electron chi connectivity index (χ0n) is 14.4. The minimum Gasteiger partial charge on any atom is -0.393 e. The number of hydrogen-bond donors (Lipinski definition) is 2. The van der Waals surface area contributed by atoms with Crippen molar-refractivity contribution in [2.24, 2.45) is 28.6 Å². The van der Waals surface area contributed by atoms with Gasteiger partial charge in [-0.2, -0.15) is 0 Å². The fourth-order valence-corrected chi connectivity index (χ4v) is 6.89. The van der Waals surface area contributed by atoms with Gasteiger partial charge in [0.15, 0.2) is 0 Å². The van der Waals surface area contributed by atoms with E-state index >= 15 is 0 Å². The van der Waals surface area contributed by atoms with E-state index < -0.39 is 5.60 Å². The summed E-state index contributed by atoms with van der Waals surface area (Å²) in [5.41, 5.74) is 1.50. The molecule has 0 unspecified atom stereocenters. The van der Waals surface area contributed by atoms with Crippen molar-refractivity contribution in [1.29, 1.82) is 0 Å². The third kappa shape index (κ3) is 1.80. The van der Waals surface area contributed by atoms with Crippen LogP contribution in [0.4, 0.5) is 0 Å². The topological polar surface area (TPSA) is 40.5 Å². The lowest BCUT2D eigenvalue weighted by molar-refractivity contribution is -0.115. The summed E-state index contributed by atoms with van der Waals surface area (Å²) >= 11 is 0. The van der Waals surface area contributed by atoms with E-state index in [0.717, 1.165) is 37.5 Å². The summed E-state index contributed by atoms with van der Waals surface area (Å²) in [4.78, 5) is 0. The quantitative estimate of drug-likeness (QED) is 0.663. The van der Waals surface area contributed by atoms with Gasteiger partial charge in [-0.25, -0.2) is 0 Å². The van der Waals surface area contributed by atoms with E-state index in [2.05, 4.69) is 26.8 Å². The van der Waals surface area contributed by atoms with Gasteiger partial charge >= 0.3 is 0 Å². The standard InChI is InChI=1S/C20H32O2/c1-18-9-6-14(21)12-13(18)4-5-15-16(18)7-10-19(2)17(15)8-11-20(19,3)22/h4,14-17,21-22H,5-12H2,1-3H3/t14-,15+,16-,17+,18-,19+,20-/m1/s1. The van der Waals surface area contributed by atoms with Gasteiger partial charge in [0.1, 0.15) is 0 Å². The molecule has 0 aromatic heterocycles. The van der Waals surface area contributed by atoms with Gasteiger partial charge in [0.25, 0.3) is 0 Å². The highest BCUT2D eigenvalue weighted by Crippen LogP contribution is 2.66. The number of rotatable bonds is 0. The Kier molecular flexibility index (Phi) is 3.18. The number of aliphatic hydroxyl groups excluding tert-OH is 1. The van der Waals surface area contributed by atoms with Crippen molar-refractivity contribution in [2.45, 2.75) is 83.8 Å². The number of aliphatic hydroxyl groups is 2. The molecule has 0 amide bonds. The molecule has 0 aromatic rings. The zero-order valence-corrected chi connectivity index (χ0v) is 14.4. The molecule has 0 aromatic carbocycles. The molecule has 3 saturated carbocycles. The summed E-state index contributed by atoms with van der Waals surface area (Å²) in [6, 6.07) is 0. The monoisotopic (exact) mass is 304 g/mol. The number of hydrogen-bond acceptors (Lipinski definition) is 2. The molecule has 4 rings (SSSR count). The van der Waals surface area contributed by atoms with Gasteiger partial charge in [-0.1, -0.05) is 25.5 Å². The van der Waals surface area contributed by atoms with Crippen LogP contribution < -0.4 is 0 Å². The molecule has 124 valence electrons. The van der Waals surface area contributed by atoms with Gasteiger partial charge in [-0.3, -0.25) is 0 Å². The summed E-state index contributed by atoms with van der Waals surface area (Å²) in [5.74, 6) is 2.20. The molecular formula is C20H32O2. The maximum absolute atomic E-state index is 10.9. The Balaban J connectivity index is 1.69. The van der Waals surface area contributed by atoms with Crippen LogP contribution >= 0.6 is 0 Å². The van der Waals surface area contributed by atoms with Crippen LogP contribution in [0.1, 0.15) is 72.1 Å². The molecule has 4 aliphatic rings. The van der Waals surface area contributed by atoms with E-state index in [1.54, 1.807) is 5.57 Å². The van der Waals surface area contributed by atoms with Gasteiger partial charge in [0, 0.05) is 0 Å². The largest absolute Gasteiger partial charge is 0.393 e. The first-order valence-corrected chi connectivity index (χ1v) is 9.38. The molecule has 2 heteroatoms. The van der Waals surface area contributed by atoms with Crippen molar-refractivity contribution in [3.63, 3.8) is 0 Å². The smallest absolute Gasteiger partial charge is 0.0675 e. The average molecular weight is 304 g/mol. The maximum Gasteiger partial charge on any atom is 0.0675 e. The molecule has 2 nitrogen and oxygen atoms in total. The number of allylic oxidation sites excluding steroid dienone is 1. The Hall–Kier alpha value is -0.340. The molecule has 0 heterocycles. The van der Waals surface area contributed by atoms with Crippen molar-refractivity contribution in [3.8, 4) is 0 Å². The molecule has 22 heavy (non-hydrogen) atoms. The molecule has 2 N–H and O–H groups in total. The minimum absolute atomic E-state index is 0.114. The lowest BCUT2D eigenvalue weighted by Crippen LogP contribution is -2.53. The molecule has 0 aliphatic heterocycles. The Morgan fingerprint density at radius 2 is 1.73 bits per heavy atom.